The maximum Gasteiger partial charge on any atom is 0.271 e. The normalized spacial score (nSPS) is 16.3. The first-order valence-corrected chi connectivity index (χ1v) is 9.92. The van der Waals surface area contributed by atoms with E-state index in [0.29, 0.717) is 12.2 Å². The van der Waals surface area contributed by atoms with E-state index in [0.717, 1.165) is 44.2 Å². The van der Waals surface area contributed by atoms with Gasteiger partial charge in [-0.15, -0.1) is 11.6 Å². The number of nitrogens with one attached hydrogen (secondary N) is 2. The van der Waals surface area contributed by atoms with Crippen molar-refractivity contribution in [3.63, 3.8) is 0 Å². The summed E-state index contributed by atoms with van der Waals surface area (Å²) in [6.07, 6.45) is 7.80. The number of alkyl halides is 1. The summed E-state index contributed by atoms with van der Waals surface area (Å²) in [5, 5.41) is 10.4. The second-order valence-corrected chi connectivity index (χ2v) is 7.31. The first-order chi connectivity index (χ1) is 13.1. The summed E-state index contributed by atoms with van der Waals surface area (Å²) in [5.41, 5.74) is 0.817. The molecule has 0 saturated heterocycles. The fourth-order valence-electron chi connectivity index (χ4n) is 3.59. The number of halogens is 1. The van der Waals surface area contributed by atoms with Gasteiger partial charge in [0.15, 0.2) is 5.69 Å². The van der Waals surface area contributed by atoms with Crippen molar-refractivity contribution in [2.75, 3.05) is 12.4 Å². The molecule has 1 aliphatic carbocycles. The van der Waals surface area contributed by atoms with Gasteiger partial charge in [-0.2, -0.15) is 5.10 Å². The predicted octanol–water partition coefficient (Wildman–Crippen LogP) is 3.05. The monoisotopic (exact) mass is 388 g/mol. The second-order valence-electron chi connectivity index (χ2n) is 7.04. The zero-order valence-corrected chi connectivity index (χ0v) is 16.0. The van der Waals surface area contributed by atoms with Crippen molar-refractivity contribution < 1.29 is 9.59 Å². The Morgan fingerprint density at radius 2 is 1.78 bits per heavy atom. The van der Waals surface area contributed by atoms with Crippen molar-refractivity contribution in [2.45, 2.75) is 44.1 Å². The lowest BCUT2D eigenvalue weighted by atomic mass is 9.89. The van der Waals surface area contributed by atoms with Gasteiger partial charge in [-0.3, -0.25) is 9.59 Å². The Balaban J connectivity index is 1.67. The largest absolute Gasteiger partial charge is 0.348 e. The number of hydrogen-bond donors (Lipinski definition) is 2. The first kappa shape index (κ1) is 19.4. The van der Waals surface area contributed by atoms with E-state index in [1.165, 1.54) is 0 Å². The third-order valence-corrected chi connectivity index (χ3v) is 5.26. The van der Waals surface area contributed by atoms with Gasteiger partial charge in [0.1, 0.15) is 5.88 Å². The Hall–Kier alpha value is -2.34. The smallest absolute Gasteiger partial charge is 0.271 e. The Morgan fingerprint density at radius 3 is 2.44 bits per heavy atom. The van der Waals surface area contributed by atoms with Gasteiger partial charge < -0.3 is 10.6 Å². The van der Waals surface area contributed by atoms with Crippen LogP contribution in [0.5, 0.6) is 0 Å². The molecule has 0 aliphatic heterocycles. The van der Waals surface area contributed by atoms with Gasteiger partial charge in [0.25, 0.3) is 5.91 Å². The van der Waals surface area contributed by atoms with Crippen molar-refractivity contribution in [1.82, 2.24) is 20.4 Å². The molecule has 27 heavy (non-hydrogen) atoms. The molecule has 1 aliphatic rings. The van der Waals surface area contributed by atoms with Gasteiger partial charge in [0, 0.05) is 12.7 Å². The highest BCUT2D eigenvalue weighted by molar-refractivity contribution is 6.27. The van der Waals surface area contributed by atoms with E-state index < -0.39 is 5.54 Å². The highest BCUT2D eigenvalue weighted by atomic mass is 35.5. The second kappa shape index (κ2) is 9.04. The highest BCUT2D eigenvalue weighted by Crippen LogP contribution is 2.27. The zero-order valence-electron chi connectivity index (χ0n) is 15.3. The van der Waals surface area contributed by atoms with Gasteiger partial charge in [-0.05, 0) is 31.0 Å². The van der Waals surface area contributed by atoms with Crippen LogP contribution in [-0.4, -0.2) is 39.6 Å². The minimum atomic E-state index is -0.430. The molecule has 6 nitrogen and oxygen atoms in total. The molecule has 1 heterocycles. The van der Waals surface area contributed by atoms with Crippen LogP contribution in [0, 0.1) is 0 Å². The molecular weight excluding hydrogens is 364 g/mol. The molecule has 2 amide bonds. The summed E-state index contributed by atoms with van der Waals surface area (Å²) in [4.78, 5) is 24.5. The lowest BCUT2D eigenvalue weighted by Gasteiger charge is -2.34. The van der Waals surface area contributed by atoms with Gasteiger partial charge in [0.05, 0.1) is 11.2 Å². The van der Waals surface area contributed by atoms with E-state index in [2.05, 4.69) is 15.7 Å². The van der Waals surface area contributed by atoms with E-state index in [1.807, 2.05) is 30.3 Å². The third-order valence-electron chi connectivity index (χ3n) is 5.02. The molecule has 2 N–H and O–H groups in total. The number of para-hydroxylation sites is 1. The highest BCUT2D eigenvalue weighted by Gasteiger charge is 2.33. The zero-order chi connectivity index (χ0) is 19.1. The maximum absolute atomic E-state index is 12.6. The molecule has 0 radical (unpaired) electrons. The van der Waals surface area contributed by atoms with E-state index in [4.69, 9.17) is 11.6 Å². The van der Waals surface area contributed by atoms with Crippen molar-refractivity contribution in [3.05, 3.63) is 48.3 Å². The summed E-state index contributed by atoms with van der Waals surface area (Å²) in [6, 6.07) is 11.3. The van der Waals surface area contributed by atoms with Crippen LogP contribution in [0.4, 0.5) is 0 Å². The average Bonchev–Trinajstić information content (AvgIpc) is 3.09. The summed E-state index contributed by atoms with van der Waals surface area (Å²) in [5.74, 6) is -0.508. The molecule has 3 rings (SSSR count). The van der Waals surface area contributed by atoms with Crippen molar-refractivity contribution in [1.29, 1.82) is 0 Å². The lowest BCUT2D eigenvalue weighted by Crippen LogP contribution is -2.55. The molecule has 1 aromatic heterocycles. The molecule has 1 fully saturated rings. The molecule has 1 aromatic carbocycles. The number of amides is 2. The molecule has 0 spiro atoms. The fourth-order valence-corrected chi connectivity index (χ4v) is 3.66. The van der Waals surface area contributed by atoms with Crippen LogP contribution in [0.2, 0.25) is 0 Å². The molecule has 0 unspecified atom stereocenters. The predicted molar refractivity (Wildman–Crippen MR) is 105 cm³/mol. The Labute approximate surface area is 164 Å². The number of rotatable bonds is 6. The molecular formula is C20H25ClN4O2. The van der Waals surface area contributed by atoms with Gasteiger partial charge in [0.2, 0.25) is 5.91 Å². The maximum atomic E-state index is 12.6. The van der Waals surface area contributed by atoms with Crippen LogP contribution < -0.4 is 10.6 Å². The number of carbonyl (C=O) groups is 2. The van der Waals surface area contributed by atoms with Crippen LogP contribution in [0.15, 0.2) is 42.6 Å². The first-order valence-electron chi connectivity index (χ1n) is 9.38. The average molecular weight is 389 g/mol. The van der Waals surface area contributed by atoms with Crippen molar-refractivity contribution in [2.24, 2.45) is 0 Å². The molecule has 2 aromatic rings. The number of hydrogen-bond acceptors (Lipinski definition) is 3. The Morgan fingerprint density at radius 1 is 1.07 bits per heavy atom. The van der Waals surface area contributed by atoms with Crippen LogP contribution in [0.25, 0.3) is 5.69 Å². The molecule has 1 saturated carbocycles. The topological polar surface area (TPSA) is 76.0 Å². The quantitative estimate of drug-likeness (QED) is 0.589. The molecule has 7 heteroatoms. The number of carbonyl (C=O) groups excluding carboxylic acids is 2. The number of nitrogens with zero attached hydrogens (tertiary/aromatic N) is 2. The summed E-state index contributed by atoms with van der Waals surface area (Å²) < 4.78 is 1.67. The fraction of sp³-hybridized carbons (Fsp3) is 0.450. The molecule has 0 bridgehead atoms. The van der Waals surface area contributed by atoms with Crippen LogP contribution in [0.3, 0.4) is 0 Å². The summed E-state index contributed by atoms with van der Waals surface area (Å²) in [6.45, 7) is 0.382. The molecule has 0 atom stereocenters. The summed E-state index contributed by atoms with van der Waals surface area (Å²) in [7, 11) is 0. The van der Waals surface area contributed by atoms with Gasteiger partial charge >= 0.3 is 0 Å². The summed E-state index contributed by atoms with van der Waals surface area (Å²) >= 11 is 5.68. The van der Waals surface area contributed by atoms with E-state index in [-0.39, 0.29) is 17.7 Å². The standard InChI is InChI=1S/C20H25ClN4O2/c21-14-18(26)23-20(11-6-1-2-7-12-20)15-22-19(27)17-10-13-25(24-17)16-8-4-3-5-9-16/h3-5,8-10,13H,1-2,6-7,11-12,14-15H2,(H,22,27)(H,23,26). The van der Waals surface area contributed by atoms with Crippen LogP contribution in [-0.2, 0) is 4.79 Å². The van der Waals surface area contributed by atoms with Crippen LogP contribution >= 0.6 is 11.6 Å². The minimum absolute atomic E-state index is 0.0722. The third kappa shape index (κ3) is 5.10. The minimum Gasteiger partial charge on any atom is -0.348 e. The van der Waals surface area contributed by atoms with Crippen LogP contribution in [0.1, 0.15) is 49.0 Å². The SMILES string of the molecule is O=C(CCl)NC1(CNC(=O)c2ccn(-c3ccccc3)n2)CCCCCC1. The Bertz CT molecular complexity index is 767. The number of benzene rings is 1. The van der Waals surface area contributed by atoms with Crippen molar-refractivity contribution in [3.8, 4) is 5.69 Å². The van der Waals surface area contributed by atoms with E-state index in [9.17, 15) is 9.59 Å². The Kier molecular flexibility index (Phi) is 6.50. The number of aromatic nitrogens is 2. The van der Waals surface area contributed by atoms with Crippen molar-refractivity contribution >= 4 is 23.4 Å². The van der Waals surface area contributed by atoms with Gasteiger partial charge in [-0.25, -0.2) is 4.68 Å². The molecule has 144 valence electrons. The van der Waals surface area contributed by atoms with E-state index in [1.54, 1.807) is 16.9 Å². The van der Waals surface area contributed by atoms with Gasteiger partial charge in [-0.1, -0.05) is 43.9 Å². The van der Waals surface area contributed by atoms with E-state index >= 15 is 0 Å². The lowest BCUT2D eigenvalue weighted by molar-refractivity contribution is -0.120.